The monoisotopic (exact) mass is 344 g/mol. The first kappa shape index (κ1) is 15.5. The van der Waals surface area contributed by atoms with Gasteiger partial charge in [0.1, 0.15) is 6.54 Å². The molecule has 0 saturated carbocycles. The summed E-state index contributed by atoms with van der Waals surface area (Å²) in [6.07, 6.45) is 0.667. The number of alkyl halides is 3. The van der Waals surface area contributed by atoms with Gasteiger partial charge in [0, 0.05) is 35.3 Å². The minimum atomic E-state index is -4.35. The highest BCUT2D eigenvalue weighted by Crippen LogP contribution is 2.25. The van der Waals surface area contributed by atoms with Crippen molar-refractivity contribution < 1.29 is 21.6 Å². The first-order valence-corrected chi connectivity index (χ1v) is 8.29. The van der Waals surface area contributed by atoms with Crippen LogP contribution in [0.1, 0.15) is 0 Å². The third kappa shape index (κ3) is 3.36. The Balaban J connectivity index is 1.98. The summed E-state index contributed by atoms with van der Waals surface area (Å²) in [5.74, 6) is 0. The molecule has 23 heavy (non-hydrogen) atoms. The minimum absolute atomic E-state index is 0.0776. The second-order valence-electron chi connectivity index (χ2n) is 5.11. The number of pyridine rings is 1. The molecule has 3 aromatic heterocycles. The molecule has 0 aliphatic rings. The standard InChI is InChI=1S/C13H11F3N4O2S/c1-23(21,22)12-3-11-8(4-17-12)2-10(19-11)9-5-18-20(6-9)7-13(14,15)16/h2-6,19H,7H2,1H3. The van der Waals surface area contributed by atoms with E-state index in [9.17, 15) is 21.6 Å². The second-order valence-corrected chi connectivity index (χ2v) is 7.07. The molecule has 0 aromatic carbocycles. The van der Waals surface area contributed by atoms with Gasteiger partial charge in [0.15, 0.2) is 14.9 Å². The van der Waals surface area contributed by atoms with Crippen LogP contribution in [0.3, 0.4) is 0 Å². The zero-order valence-corrected chi connectivity index (χ0v) is 12.6. The molecular weight excluding hydrogens is 333 g/mol. The number of nitrogens with one attached hydrogen (secondary N) is 1. The fraction of sp³-hybridized carbons (Fsp3) is 0.231. The lowest BCUT2D eigenvalue weighted by Crippen LogP contribution is -2.17. The van der Waals surface area contributed by atoms with E-state index in [-0.39, 0.29) is 5.03 Å². The third-order valence-corrected chi connectivity index (χ3v) is 4.13. The van der Waals surface area contributed by atoms with Crippen LogP contribution in [-0.4, -0.2) is 40.6 Å². The largest absolute Gasteiger partial charge is 0.408 e. The summed E-state index contributed by atoms with van der Waals surface area (Å²) >= 11 is 0. The van der Waals surface area contributed by atoms with E-state index in [1.807, 2.05) is 0 Å². The highest BCUT2D eigenvalue weighted by molar-refractivity contribution is 7.90. The van der Waals surface area contributed by atoms with Crippen molar-refractivity contribution in [2.45, 2.75) is 17.7 Å². The molecule has 0 radical (unpaired) electrons. The average molecular weight is 344 g/mol. The van der Waals surface area contributed by atoms with E-state index in [1.54, 1.807) is 6.07 Å². The maximum atomic E-state index is 12.3. The molecule has 0 atom stereocenters. The summed E-state index contributed by atoms with van der Waals surface area (Å²) in [6, 6.07) is 3.05. The van der Waals surface area contributed by atoms with E-state index in [2.05, 4.69) is 15.1 Å². The zero-order chi connectivity index (χ0) is 16.8. The van der Waals surface area contributed by atoms with Crippen molar-refractivity contribution in [2.75, 3.05) is 6.26 Å². The molecule has 0 aliphatic carbocycles. The van der Waals surface area contributed by atoms with Crippen LogP contribution in [0.4, 0.5) is 13.2 Å². The smallest absolute Gasteiger partial charge is 0.354 e. The number of halogens is 3. The summed E-state index contributed by atoms with van der Waals surface area (Å²) in [5, 5.41) is 4.24. The molecule has 0 fully saturated rings. The van der Waals surface area contributed by atoms with Gasteiger partial charge in [-0.15, -0.1) is 0 Å². The van der Waals surface area contributed by atoms with Crippen LogP contribution in [0.2, 0.25) is 0 Å². The number of sulfone groups is 1. The number of hydrogen-bond acceptors (Lipinski definition) is 4. The van der Waals surface area contributed by atoms with E-state index >= 15 is 0 Å². The SMILES string of the molecule is CS(=O)(=O)c1cc2[nH]c(-c3cnn(CC(F)(F)F)c3)cc2cn1. The molecule has 0 aliphatic heterocycles. The second kappa shape index (κ2) is 5.08. The van der Waals surface area contributed by atoms with E-state index in [4.69, 9.17) is 0 Å². The normalized spacial score (nSPS) is 12.9. The lowest BCUT2D eigenvalue weighted by Gasteiger charge is -2.04. The van der Waals surface area contributed by atoms with Crippen LogP contribution >= 0.6 is 0 Å². The summed E-state index contributed by atoms with van der Waals surface area (Å²) in [4.78, 5) is 6.82. The summed E-state index contributed by atoms with van der Waals surface area (Å²) in [7, 11) is -3.44. The Bertz CT molecular complexity index is 973. The van der Waals surface area contributed by atoms with E-state index in [1.165, 1.54) is 24.7 Å². The maximum absolute atomic E-state index is 12.3. The summed E-state index contributed by atoms with van der Waals surface area (Å²) in [5.41, 5.74) is 1.52. The highest BCUT2D eigenvalue weighted by Gasteiger charge is 2.28. The van der Waals surface area contributed by atoms with Crippen molar-refractivity contribution in [3.63, 3.8) is 0 Å². The molecule has 122 valence electrons. The quantitative estimate of drug-likeness (QED) is 0.791. The Hall–Kier alpha value is -2.36. The van der Waals surface area contributed by atoms with Crippen molar-refractivity contribution in [3.05, 3.63) is 30.7 Å². The van der Waals surface area contributed by atoms with Gasteiger partial charge in [-0.25, -0.2) is 13.4 Å². The van der Waals surface area contributed by atoms with Gasteiger partial charge < -0.3 is 4.98 Å². The topological polar surface area (TPSA) is 80.6 Å². The third-order valence-electron chi connectivity index (χ3n) is 3.14. The van der Waals surface area contributed by atoms with Crippen LogP contribution in [0, 0.1) is 0 Å². The van der Waals surface area contributed by atoms with Crippen LogP contribution in [0.15, 0.2) is 35.7 Å². The Morgan fingerprint density at radius 1 is 1.26 bits per heavy atom. The first-order chi connectivity index (χ1) is 10.6. The zero-order valence-electron chi connectivity index (χ0n) is 11.8. The molecule has 1 N–H and O–H groups in total. The molecule has 0 bridgehead atoms. The van der Waals surface area contributed by atoms with Gasteiger partial charge in [-0.1, -0.05) is 0 Å². The summed E-state index contributed by atoms with van der Waals surface area (Å²) < 4.78 is 60.8. The molecule has 3 rings (SSSR count). The predicted molar refractivity (Wildman–Crippen MR) is 76.5 cm³/mol. The fourth-order valence-electron chi connectivity index (χ4n) is 2.14. The molecule has 6 nitrogen and oxygen atoms in total. The highest BCUT2D eigenvalue weighted by atomic mass is 32.2. The van der Waals surface area contributed by atoms with Crippen LogP contribution < -0.4 is 0 Å². The van der Waals surface area contributed by atoms with Gasteiger partial charge in [-0.3, -0.25) is 4.68 Å². The molecule has 0 spiro atoms. The Kier molecular flexibility index (Phi) is 3.43. The van der Waals surface area contributed by atoms with Gasteiger partial charge in [-0.2, -0.15) is 18.3 Å². The van der Waals surface area contributed by atoms with Gasteiger partial charge in [0.2, 0.25) is 0 Å². The number of aromatic amines is 1. The van der Waals surface area contributed by atoms with Crippen molar-refractivity contribution in [3.8, 4) is 11.3 Å². The molecule has 10 heteroatoms. The minimum Gasteiger partial charge on any atom is -0.354 e. The average Bonchev–Trinajstić information content (AvgIpc) is 3.00. The van der Waals surface area contributed by atoms with E-state index in [0.717, 1.165) is 10.9 Å². The Morgan fingerprint density at radius 2 is 2.00 bits per heavy atom. The van der Waals surface area contributed by atoms with E-state index < -0.39 is 22.6 Å². The molecular formula is C13H11F3N4O2S. The number of hydrogen-bond donors (Lipinski definition) is 1. The van der Waals surface area contributed by atoms with Crippen LogP contribution in [0.5, 0.6) is 0 Å². The molecule has 0 unspecified atom stereocenters. The Morgan fingerprint density at radius 3 is 2.65 bits per heavy atom. The van der Waals surface area contributed by atoms with Crippen molar-refractivity contribution in [1.82, 2.24) is 19.7 Å². The fourth-order valence-corrected chi connectivity index (χ4v) is 2.71. The molecule has 0 amide bonds. The van der Waals surface area contributed by atoms with Crippen molar-refractivity contribution in [2.24, 2.45) is 0 Å². The predicted octanol–water partition coefficient (Wildman–Crippen LogP) is 2.39. The lowest BCUT2D eigenvalue weighted by atomic mass is 10.2. The van der Waals surface area contributed by atoms with Gasteiger partial charge in [0.05, 0.1) is 11.7 Å². The van der Waals surface area contributed by atoms with Gasteiger partial charge >= 0.3 is 6.18 Å². The molecule has 3 heterocycles. The van der Waals surface area contributed by atoms with Gasteiger partial charge in [-0.05, 0) is 12.1 Å². The molecule has 0 saturated heterocycles. The van der Waals surface area contributed by atoms with Crippen molar-refractivity contribution in [1.29, 1.82) is 0 Å². The number of H-pyrrole nitrogens is 1. The first-order valence-electron chi connectivity index (χ1n) is 6.40. The number of fused-ring (bicyclic) bond motifs is 1. The van der Waals surface area contributed by atoms with E-state index in [0.29, 0.717) is 22.2 Å². The lowest BCUT2D eigenvalue weighted by molar-refractivity contribution is -0.142. The summed E-state index contributed by atoms with van der Waals surface area (Å²) in [6.45, 7) is -1.17. The number of nitrogens with zero attached hydrogens (tertiary/aromatic N) is 3. The Labute approximate surface area is 128 Å². The maximum Gasteiger partial charge on any atom is 0.408 e. The van der Waals surface area contributed by atoms with Crippen LogP contribution in [-0.2, 0) is 16.4 Å². The molecule has 3 aromatic rings. The van der Waals surface area contributed by atoms with Gasteiger partial charge in [0.25, 0.3) is 0 Å². The number of aromatic nitrogens is 4. The van der Waals surface area contributed by atoms with Crippen molar-refractivity contribution >= 4 is 20.7 Å². The number of rotatable bonds is 3. The van der Waals surface area contributed by atoms with Crippen LogP contribution in [0.25, 0.3) is 22.2 Å².